The van der Waals surface area contributed by atoms with Crippen molar-refractivity contribution in [2.75, 3.05) is 26.2 Å². The molecule has 2 aromatic carbocycles. The highest BCUT2D eigenvalue weighted by atomic mass is 32.1. The number of carbonyl (C=O) groups is 1. The van der Waals surface area contributed by atoms with Gasteiger partial charge in [-0.1, -0.05) is 11.3 Å². The molecule has 1 aliphatic rings. The van der Waals surface area contributed by atoms with Crippen LogP contribution in [0, 0.1) is 0 Å². The van der Waals surface area contributed by atoms with Crippen LogP contribution in [0.15, 0.2) is 47.3 Å². The lowest BCUT2D eigenvalue weighted by atomic mass is 9.89. The number of amides is 1. The first kappa shape index (κ1) is 20.0. The minimum absolute atomic E-state index is 0.101. The number of nitrogens with zero attached hydrogens (tertiary/aromatic N) is 2. The van der Waals surface area contributed by atoms with Crippen molar-refractivity contribution in [2.24, 2.45) is 7.05 Å². The van der Waals surface area contributed by atoms with Crippen LogP contribution in [0.1, 0.15) is 22.8 Å². The smallest absolute Gasteiger partial charge is 0.308 e. The van der Waals surface area contributed by atoms with E-state index in [-0.39, 0.29) is 23.1 Å². The molecule has 1 amide bonds. The summed E-state index contributed by atoms with van der Waals surface area (Å²) >= 11 is 1.15. The Morgan fingerprint density at radius 3 is 2.23 bits per heavy atom. The maximum Gasteiger partial charge on any atom is 0.308 e. The Morgan fingerprint density at radius 2 is 1.60 bits per heavy atom. The van der Waals surface area contributed by atoms with Crippen molar-refractivity contribution in [3.63, 3.8) is 0 Å². The summed E-state index contributed by atoms with van der Waals surface area (Å²) in [5.41, 5.74) is 1.51. The summed E-state index contributed by atoms with van der Waals surface area (Å²) < 4.78 is 17.7. The average Bonchev–Trinajstić information content (AvgIpc) is 3.07. The Hall–Kier alpha value is -3.26. The molecule has 0 spiro atoms. The molecule has 156 valence electrons. The van der Waals surface area contributed by atoms with E-state index in [0.717, 1.165) is 21.8 Å². The molecule has 0 bridgehead atoms. The molecule has 0 N–H and O–H groups in total. The van der Waals surface area contributed by atoms with Crippen molar-refractivity contribution in [1.29, 1.82) is 0 Å². The third kappa shape index (κ3) is 3.23. The van der Waals surface area contributed by atoms with Crippen molar-refractivity contribution < 1.29 is 19.0 Å². The normalized spacial score (nSPS) is 15.7. The number of anilines is 2. The van der Waals surface area contributed by atoms with Crippen molar-refractivity contribution in [2.45, 2.75) is 12.3 Å². The first-order valence-corrected chi connectivity index (χ1v) is 10.2. The van der Waals surface area contributed by atoms with Gasteiger partial charge >= 0.3 is 4.87 Å². The minimum Gasteiger partial charge on any atom is -0.497 e. The molecule has 1 atom stereocenters. The van der Waals surface area contributed by atoms with Crippen LogP contribution >= 0.6 is 11.3 Å². The Bertz CT molecular complexity index is 1150. The molecule has 30 heavy (non-hydrogen) atoms. The summed E-state index contributed by atoms with van der Waals surface area (Å²) in [5.74, 6) is 2.20. The van der Waals surface area contributed by atoms with Crippen LogP contribution < -0.4 is 24.0 Å². The minimum atomic E-state index is -0.300. The fourth-order valence-corrected chi connectivity index (χ4v) is 4.87. The lowest BCUT2D eigenvalue weighted by Gasteiger charge is -2.32. The topological polar surface area (TPSA) is 70.0 Å². The van der Waals surface area contributed by atoms with Crippen LogP contribution in [0.25, 0.3) is 0 Å². The van der Waals surface area contributed by atoms with Gasteiger partial charge in [-0.15, -0.1) is 0 Å². The van der Waals surface area contributed by atoms with Gasteiger partial charge in [0.1, 0.15) is 23.1 Å². The van der Waals surface area contributed by atoms with E-state index >= 15 is 0 Å². The summed E-state index contributed by atoms with van der Waals surface area (Å²) in [6.07, 6.45) is 0.211. The summed E-state index contributed by atoms with van der Waals surface area (Å²) in [6, 6.07) is 12.7. The van der Waals surface area contributed by atoms with Crippen LogP contribution in [0.2, 0.25) is 0 Å². The highest BCUT2D eigenvalue weighted by Gasteiger charge is 2.38. The summed E-state index contributed by atoms with van der Waals surface area (Å²) in [7, 11) is 6.46. The molecule has 2 heterocycles. The van der Waals surface area contributed by atoms with E-state index in [1.165, 1.54) is 4.57 Å². The van der Waals surface area contributed by atoms with E-state index < -0.39 is 0 Å². The number of hydrogen-bond donors (Lipinski definition) is 0. The van der Waals surface area contributed by atoms with Gasteiger partial charge in [0.15, 0.2) is 0 Å². The quantitative estimate of drug-likeness (QED) is 0.623. The molecule has 0 radical (unpaired) electrons. The van der Waals surface area contributed by atoms with Gasteiger partial charge in [-0.25, -0.2) is 0 Å². The van der Waals surface area contributed by atoms with Crippen molar-refractivity contribution in [3.8, 4) is 17.2 Å². The third-order valence-corrected chi connectivity index (χ3v) is 6.44. The molecular weight excluding hydrogens is 404 g/mol. The van der Waals surface area contributed by atoms with E-state index in [2.05, 4.69) is 0 Å². The van der Waals surface area contributed by atoms with Gasteiger partial charge in [-0.05, 0) is 42.5 Å². The summed E-state index contributed by atoms with van der Waals surface area (Å²) in [5, 5.41) is 0. The second kappa shape index (κ2) is 7.87. The molecule has 1 aliphatic heterocycles. The number of fused-ring (bicyclic) bond motifs is 1. The fraction of sp³-hybridized carbons (Fsp3) is 0.273. The van der Waals surface area contributed by atoms with E-state index in [9.17, 15) is 9.59 Å². The molecule has 0 saturated carbocycles. The van der Waals surface area contributed by atoms with Crippen molar-refractivity contribution >= 4 is 28.7 Å². The van der Waals surface area contributed by atoms with Crippen molar-refractivity contribution in [1.82, 2.24) is 4.57 Å². The molecule has 0 fully saturated rings. The molecule has 0 aliphatic carbocycles. The molecule has 0 saturated heterocycles. The molecule has 4 rings (SSSR count). The SMILES string of the molecule is COc1ccc(N2C(=O)CC(c3cc(OC)ccc3OC)c3sc(=O)n(C)c32)cc1. The maximum absolute atomic E-state index is 13.3. The molecular formula is C22H22N2O5S. The van der Waals surface area contributed by atoms with Crippen LogP contribution in [-0.4, -0.2) is 31.8 Å². The Balaban J connectivity index is 1.88. The average molecular weight is 426 g/mol. The number of hydrogen-bond acceptors (Lipinski definition) is 6. The van der Waals surface area contributed by atoms with Crippen LogP contribution in [0.3, 0.4) is 0 Å². The number of carbonyl (C=O) groups excluding carboxylic acids is 1. The lowest BCUT2D eigenvalue weighted by molar-refractivity contribution is -0.118. The Morgan fingerprint density at radius 1 is 0.933 bits per heavy atom. The van der Waals surface area contributed by atoms with Crippen LogP contribution in [0.4, 0.5) is 11.5 Å². The highest BCUT2D eigenvalue weighted by Crippen LogP contribution is 2.47. The van der Waals surface area contributed by atoms with Gasteiger partial charge in [0.25, 0.3) is 0 Å². The van der Waals surface area contributed by atoms with Crippen molar-refractivity contribution in [3.05, 3.63) is 62.6 Å². The second-order valence-electron chi connectivity index (χ2n) is 6.91. The number of benzene rings is 2. The first-order valence-electron chi connectivity index (χ1n) is 9.37. The third-order valence-electron chi connectivity index (χ3n) is 5.31. The number of aromatic nitrogens is 1. The zero-order valence-corrected chi connectivity index (χ0v) is 18.0. The molecule has 7 nitrogen and oxygen atoms in total. The second-order valence-corrected chi connectivity index (χ2v) is 7.90. The Labute approximate surface area is 178 Å². The standard InChI is InChI=1S/C22H22N2O5S/c1-23-21-20(30-22(23)26)17(16-11-15(28-3)9-10-18(16)29-4)12-19(25)24(21)13-5-7-14(27-2)8-6-13/h5-11,17H,12H2,1-4H3. The monoisotopic (exact) mass is 426 g/mol. The predicted octanol–water partition coefficient (Wildman–Crippen LogP) is 3.67. The van der Waals surface area contributed by atoms with E-state index in [0.29, 0.717) is 28.8 Å². The molecule has 3 aromatic rings. The number of ether oxygens (including phenoxy) is 3. The highest BCUT2D eigenvalue weighted by molar-refractivity contribution is 7.10. The van der Waals surface area contributed by atoms with Gasteiger partial charge < -0.3 is 14.2 Å². The van der Waals surface area contributed by atoms with E-state index in [1.807, 2.05) is 30.3 Å². The molecule has 8 heteroatoms. The summed E-state index contributed by atoms with van der Waals surface area (Å²) in [6.45, 7) is 0. The van der Waals surface area contributed by atoms with E-state index in [1.54, 1.807) is 45.4 Å². The molecule has 1 aromatic heterocycles. The van der Waals surface area contributed by atoms with Crippen LogP contribution in [-0.2, 0) is 11.8 Å². The molecule has 1 unspecified atom stereocenters. The van der Waals surface area contributed by atoms with E-state index in [4.69, 9.17) is 14.2 Å². The fourth-order valence-electron chi connectivity index (χ4n) is 3.78. The zero-order valence-electron chi connectivity index (χ0n) is 17.2. The van der Waals surface area contributed by atoms with Gasteiger partial charge in [0.2, 0.25) is 5.91 Å². The van der Waals surface area contributed by atoms with Gasteiger partial charge in [0.05, 0.1) is 31.9 Å². The number of methoxy groups -OCH3 is 3. The van der Waals surface area contributed by atoms with Gasteiger partial charge in [-0.2, -0.15) is 0 Å². The maximum atomic E-state index is 13.3. The largest absolute Gasteiger partial charge is 0.497 e. The number of rotatable bonds is 5. The lowest BCUT2D eigenvalue weighted by Crippen LogP contribution is -2.34. The van der Waals surface area contributed by atoms with Gasteiger partial charge in [0, 0.05) is 24.9 Å². The zero-order chi connectivity index (χ0) is 21.4. The summed E-state index contributed by atoms with van der Waals surface area (Å²) in [4.78, 5) is 28.2. The van der Waals surface area contributed by atoms with Gasteiger partial charge in [-0.3, -0.25) is 19.1 Å². The number of thiazole rings is 1. The van der Waals surface area contributed by atoms with Crippen LogP contribution in [0.5, 0.6) is 17.2 Å². The first-order chi connectivity index (χ1) is 14.5. The predicted molar refractivity (Wildman–Crippen MR) is 116 cm³/mol. The Kier molecular flexibility index (Phi) is 5.26.